The first-order valence-electron chi connectivity index (χ1n) is 6.45. The summed E-state index contributed by atoms with van der Waals surface area (Å²) in [5, 5.41) is 4.90. The molecule has 3 rings (SSSR count). The van der Waals surface area contributed by atoms with Crippen molar-refractivity contribution in [3.8, 4) is 0 Å². The number of thiazole rings is 1. The number of thioether (sulfide) groups is 1. The first kappa shape index (κ1) is 14.1. The topological polar surface area (TPSA) is 59.3 Å². The number of nitrogens with zero attached hydrogens (tertiary/aromatic N) is 3. The Hall–Kier alpha value is -1.86. The Morgan fingerprint density at radius 1 is 1.48 bits per heavy atom. The summed E-state index contributed by atoms with van der Waals surface area (Å²) in [4.78, 5) is 20.5. The molecule has 0 saturated heterocycles. The number of imidazole rings is 1. The highest BCUT2D eigenvalue weighted by atomic mass is 32.2. The maximum absolute atomic E-state index is 11.9. The fourth-order valence-electron chi connectivity index (χ4n) is 1.88. The van der Waals surface area contributed by atoms with Gasteiger partial charge in [-0.2, -0.15) is 0 Å². The Morgan fingerprint density at radius 3 is 3.19 bits per heavy atom. The van der Waals surface area contributed by atoms with Crippen LogP contribution in [0.25, 0.3) is 5.65 Å². The van der Waals surface area contributed by atoms with E-state index in [0.29, 0.717) is 12.3 Å². The molecule has 5 nitrogen and oxygen atoms in total. The first-order chi connectivity index (χ1) is 10.2. The Labute approximate surface area is 130 Å². The summed E-state index contributed by atoms with van der Waals surface area (Å²) < 4.78 is 2.90. The highest BCUT2D eigenvalue weighted by molar-refractivity contribution is 8.01. The molecule has 108 valence electrons. The molecular formula is C14H14N4OS2. The largest absolute Gasteiger partial charge is 0.350 e. The molecule has 0 saturated carbocycles. The minimum Gasteiger partial charge on any atom is -0.350 e. The molecule has 3 aromatic rings. The third-order valence-electron chi connectivity index (χ3n) is 2.88. The minimum absolute atomic E-state index is 0.00117. The lowest BCUT2D eigenvalue weighted by atomic mass is 10.4. The lowest BCUT2D eigenvalue weighted by Gasteiger charge is -2.04. The molecule has 0 aliphatic carbocycles. The van der Waals surface area contributed by atoms with E-state index in [-0.39, 0.29) is 5.91 Å². The minimum atomic E-state index is -0.00117. The molecule has 0 aromatic carbocycles. The molecule has 7 heteroatoms. The van der Waals surface area contributed by atoms with Crippen molar-refractivity contribution in [3.63, 3.8) is 0 Å². The van der Waals surface area contributed by atoms with Gasteiger partial charge in [0.05, 0.1) is 24.2 Å². The molecule has 0 unspecified atom stereocenters. The second kappa shape index (κ2) is 6.28. The number of amides is 1. The molecule has 0 aliphatic heterocycles. The van der Waals surface area contributed by atoms with Gasteiger partial charge in [0.15, 0.2) is 4.34 Å². The van der Waals surface area contributed by atoms with Gasteiger partial charge in [-0.1, -0.05) is 17.8 Å². The molecule has 1 N–H and O–H groups in total. The second-order valence-electron chi connectivity index (χ2n) is 4.50. The summed E-state index contributed by atoms with van der Waals surface area (Å²) in [6.07, 6.45) is 3.73. The molecule has 3 heterocycles. The van der Waals surface area contributed by atoms with Gasteiger partial charge >= 0.3 is 0 Å². The summed E-state index contributed by atoms with van der Waals surface area (Å²) in [7, 11) is 0. The van der Waals surface area contributed by atoms with Crippen LogP contribution >= 0.6 is 23.1 Å². The first-order valence-corrected chi connectivity index (χ1v) is 8.31. The molecule has 0 fully saturated rings. The molecular weight excluding hydrogens is 304 g/mol. The van der Waals surface area contributed by atoms with E-state index in [1.807, 2.05) is 41.1 Å². The zero-order valence-corrected chi connectivity index (χ0v) is 13.1. The van der Waals surface area contributed by atoms with Gasteiger partial charge in [-0.05, 0) is 19.1 Å². The molecule has 0 bridgehead atoms. The van der Waals surface area contributed by atoms with Gasteiger partial charge < -0.3 is 9.72 Å². The van der Waals surface area contributed by atoms with Gasteiger partial charge in [0.2, 0.25) is 5.91 Å². The van der Waals surface area contributed by atoms with Crippen LogP contribution in [0.2, 0.25) is 0 Å². The molecule has 0 radical (unpaired) electrons. The number of carbonyl (C=O) groups excluding carboxylic acids is 1. The number of aromatic nitrogens is 3. The standard InChI is InChI=1S/C14H14N4OS2/c1-10-8-20-14(17-10)21-9-13(19)16-7-11-6-15-12-4-2-3-5-18(11)12/h2-6,8H,7,9H2,1H3,(H,16,19). The average molecular weight is 318 g/mol. The van der Waals surface area contributed by atoms with Crippen LogP contribution in [-0.4, -0.2) is 26.0 Å². The lowest BCUT2D eigenvalue weighted by Crippen LogP contribution is -2.25. The van der Waals surface area contributed by atoms with E-state index in [1.165, 1.54) is 11.8 Å². The van der Waals surface area contributed by atoms with Gasteiger partial charge in [-0.3, -0.25) is 4.79 Å². The fourth-order valence-corrected chi connectivity index (χ4v) is 3.56. The van der Waals surface area contributed by atoms with Crippen LogP contribution in [0.3, 0.4) is 0 Å². The van der Waals surface area contributed by atoms with Crippen LogP contribution in [-0.2, 0) is 11.3 Å². The van der Waals surface area contributed by atoms with Crippen LogP contribution in [0.1, 0.15) is 11.4 Å². The van der Waals surface area contributed by atoms with Crippen LogP contribution < -0.4 is 5.32 Å². The Bertz CT molecular complexity index is 765. The molecule has 0 spiro atoms. The van der Waals surface area contributed by atoms with Crippen molar-refractivity contribution in [3.05, 3.63) is 47.4 Å². The average Bonchev–Trinajstić information content (AvgIpc) is 3.09. The summed E-state index contributed by atoms with van der Waals surface area (Å²) in [5.41, 5.74) is 2.84. The van der Waals surface area contributed by atoms with E-state index < -0.39 is 0 Å². The summed E-state index contributed by atoms with van der Waals surface area (Å²) in [6, 6.07) is 5.82. The maximum atomic E-state index is 11.9. The van der Waals surface area contributed by atoms with E-state index >= 15 is 0 Å². The van der Waals surface area contributed by atoms with Gasteiger partial charge in [-0.15, -0.1) is 11.3 Å². The number of nitrogens with one attached hydrogen (secondary N) is 1. The molecule has 1 amide bonds. The Kier molecular flexibility index (Phi) is 4.21. The fraction of sp³-hybridized carbons (Fsp3) is 0.214. The van der Waals surface area contributed by atoms with Gasteiger partial charge in [0.25, 0.3) is 0 Å². The highest BCUT2D eigenvalue weighted by Gasteiger charge is 2.07. The van der Waals surface area contributed by atoms with Crippen molar-refractivity contribution in [1.82, 2.24) is 19.7 Å². The van der Waals surface area contributed by atoms with Gasteiger partial charge in [0, 0.05) is 17.3 Å². The number of rotatable bonds is 5. The predicted octanol–water partition coefficient (Wildman–Crippen LogP) is 2.51. The molecule has 0 aliphatic rings. The Balaban J connectivity index is 1.54. The third kappa shape index (κ3) is 3.43. The van der Waals surface area contributed by atoms with E-state index in [0.717, 1.165) is 21.4 Å². The number of carbonyl (C=O) groups is 1. The summed E-state index contributed by atoms with van der Waals surface area (Å²) in [5.74, 6) is 0.377. The van der Waals surface area contributed by atoms with Crippen LogP contribution in [0.15, 0.2) is 40.3 Å². The van der Waals surface area contributed by atoms with Crippen LogP contribution in [0, 0.1) is 6.92 Å². The van der Waals surface area contributed by atoms with Crippen molar-refractivity contribution >= 4 is 34.7 Å². The van der Waals surface area contributed by atoms with Crippen molar-refractivity contribution in [2.24, 2.45) is 0 Å². The number of hydrogen-bond donors (Lipinski definition) is 1. The van der Waals surface area contributed by atoms with Gasteiger partial charge in [-0.25, -0.2) is 9.97 Å². The summed E-state index contributed by atoms with van der Waals surface area (Å²) in [6.45, 7) is 2.42. The van der Waals surface area contributed by atoms with Crippen LogP contribution in [0.4, 0.5) is 0 Å². The monoisotopic (exact) mass is 318 g/mol. The molecule has 21 heavy (non-hydrogen) atoms. The summed E-state index contributed by atoms with van der Waals surface area (Å²) >= 11 is 3.03. The van der Waals surface area contributed by atoms with E-state index in [2.05, 4.69) is 15.3 Å². The van der Waals surface area contributed by atoms with Crippen LogP contribution in [0.5, 0.6) is 0 Å². The number of hydrogen-bond acceptors (Lipinski definition) is 5. The molecule has 0 atom stereocenters. The molecule has 3 aromatic heterocycles. The van der Waals surface area contributed by atoms with Crippen molar-refractivity contribution in [1.29, 1.82) is 0 Å². The zero-order valence-electron chi connectivity index (χ0n) is 11.4. The van der Waals surface area contributed by atoms with E-state index in [9.17, 15) is 4.79 Å². The quantitative estimate of drug-likeness (QED) is 0.734. The van der Waals surface area contributed by atoms with E-state index in [1.54, 1.807) is 17.5 Å². The maximum Gasteiger partial charge on any atom is 0.230 e. The zero-order chi connectivity index (χ0) is 14.7. The number of fused-ring (bicyclic) bond motifs is 1. The van der Waals surface area contributed by atoms with Crippen molar-refractivity contribution < 1.29 is 4.79 Å². The SMILES string of the molecule is Cc1csc(SCC(=O)NCc2cnc3ccccn23)n1. The normalized spacial score (nSPS) is 10.9. The number of pyridine rings is 1. The number of aryl methyl sites for hydroxylation is 1. The highest BCUT2D eigenvalue weighted by Crippen LogP contribution is 2.21. The van der Waals surface area contributed by atoms with Crippen molar-refractivity contribution in [2.45, 2.75) is 17.8 Å². The third-order valence-corrected chi connectivity index (χ3v) is 5.02. The lowest BCUT2D eigenvalue weighted by molar-refractivity contribution is -0.118. The van der Waals surface area contributed by atoms with Gasteiger partial charge in [0.1, 0.15) is 5.65 Å². The van der Waals surface area contributed by atoms with E-state index in [4.69, 9.17) is 0 Å². The second-order valence-corrected chi connectivity index (χ2v) is 6.58. The van der Waals surface area contributed by atoms with Crippen molar-refractivity contribution in [2.75, 3.05) is 5.75 Å². The Morgan fingerprint density at radius 2 is 2.38 bits per heavy atom. The predicted molar refractivity (Wildman–Crippen MR) is 84.6 cm³/mol. The smallest absolute Gasteiger partial charge is 0.230 e.